The van der Waals surface area contributed by atoms with E-state index < -0.39 is 0 Å². The van der Waals surface area contributed by atoms with E-state index in [4.69, 9.17) is 5.73 Å². The molecule has 0 saturated carbocycles. The smallest absolute Gasteiger partial charge is 0.166 e. The van der Waals surface area contributed by atoms with Gasteiger partial charge in [0.05, 0.1) is 23.9 Å². The summed E-state index contributed by atoms with van der Waals surface area (Å²) in [4.78, 5) is 15.3. The summed E-state index contributed by atoms with van der Waals surface area (Å²) in [5.41, 5.74) is 9.17. The number of rotatable bonds is 3. The van der Waals surface area contributed by atoms with Gasteiger partial charge in [0.1, 0.15) is 12.1 Å². The Hall–Kier alpha value is -2.74. The lowest BCUT2D eigenvalue weighted by molar-refractivity contribution is 0.266. The first-order valence-electron chi connectivity index (χ1n) is 7.97. The van der Waals surface area contributed by atoms with Crippen molar-refractivity contribution in [3.63, 3.8) is 0 Å². The Bertz CT molecular complexity index is 891. The second-order valence-corrected chi connectivity index (χ2v) is 6.09. The van der Waals surface area contributed by atoms with Gasteiger partial charge in [-0.05, 0) is 25.3 Å². The highest BCUT2D eigenvalue weighted by Gasteiger charge is 2.26. The molecule has 0 aliphatic carbocycles. The van der Waals surface area contributed by atoms with E-state index in [0.717, 1.165) is 30.8 Å². The maximum Gasteiger partial charge on any atom is 0.166 e. The highest BCUT2D eigenvalue weighted by molar-refractivity contribution is 5.85. The van der Waals surface area contributed by atoms with Crippen LogP contribution in [-0.2, 0) is 0 Å². The van der Waals surface area contributed by atoms with E-state index >= 15 is 0 Å². The summed E-state index contributed by atoms with van der Waals surface area (Å²) in [7, 11) is 0. The molecule has 0 aromatic carbocycles. The average Bonchev–Trinajstić information content (AvgIpc) is 3.17. The summed E-state index contributed by atoms with van der Waals surface area (Å²) in [6.45, 7) is 2.96. The Labute approximate surface area is 139 Å². The molecule has 8 nitrogen and oxygen atoms in total. The first-order chi connectivity index (χ1) is 11.7. The zero-order valence-corrected chi connectivity index (χ0v) is 13.4. The molecule has 0 bridgehead atoms. The van der Waals surface area contributed by atoms with Crippen LogP contribution >= 0.6 is 0 Å². The van der Waals surface area contributed by atoms with Crippen molar-refractivity contribution in [3.8, 4) is 11.3 Å². The van der Waals surface area contributed by atoms with Crippen LogP contribution in [0.25, 0.3) is 16.9 Å². The number of hydrogen-bond donors (Lipinski definition) is 2. The fourth-order valence-corrected chi connectivity index (χ4v) is 3.26. The van der Waals surface area contributed by atoms with E-state index in [1.165, 1.54) is 6.33 Å². The average molecular weight is 325 g/mol. The van der Waals surface area contributed by atoms with E-state index in [-0.39, 0.29) is 12.6 Å². The molecule has 3 aromatic rings. The second-order valence-electron chi connectivity index (χ2n) is 6.09. The van der Waals surface area contributed by atoms with Gasteiger partial charge in [-0.25, -0.2) is 19.5 Å². The Morgan fingerprint density at radius 1 is 1.33 bits per heavy atom. The molecular formula is C16H19N7O. The molecule has 1 aliphatic heterocycles. The van der Waals surface area contributed by atoms with Gasteiger partial charge in [-0.15, -0.1) is 5.10 Å². The fourth-order valence-electron chi connectivity index (χ4n) is 3.26. The van der Waals surface area contributed by atoms with Crippen LogP contribution in [0.4, 0.5) is 11.6 Å². The Morgan fingerprint density at radius 3 is 3.04 bits per heavy atom. The lowest BCUT2D eigenvalue weighted by atomic mass is 10.2. The summed E-state index contributed by atoms with van der Waals surface area (Å²) < 4.78 is 1.67. The first kappa shape index (κ1) is 14.8. The monoisotopic (exact) mass is 325 g/mol. The molecule has 4 heterocycles. The van der Waals surface area contributed by atoms with Gasteiger partial charge in [-0.3, -0.25) is 0 Å². The van der Waals surface area contributed by atoms with Crippen molar-refractivity contribution in [1.29, 1.82) is 0 Å². The highest BCUT2D eigenvalue weighted by Crippen LogP contribution is 2.31. The fraction of sp³-hybridized carbons (Fsp3) is 0.375. The van der Waals surface area contributed by atoms with Crippen molar-refractivity contribution in [1.82, 2.24) is 24.6 Å². The minimum Gasteiger partial charge on any atom is -0.394 e. The number of nitrogen functional groups attached to an aromatic ring is 1. The van der Waals surface area contributed by atoms with Crippen LogP contribution in [-0.4, -0.2) is 48.9 Å². The number of nitrogens with two attached hydrogens (primary N) is 1. The number of nitrogens with zero attached hydrogens (tertiary/aromatic N) is 6. The van der Waals surface area contributed by atoms with Gasteiger partial charge in [0.15, 0.2) is 11.5 Å². The molecule has 24 heavy (non-hydrogen) atoms. The third-order valence-corrected chi connectivity index (χ3v) is 4.42. The van der Waals surface area contributed by atoms with Crippen LogP contribution in [0.15, 0.2) is 24.8 Å². The summed E-state index contributed by atoms with van der Waals surface area (Å²) >= 11 is 0. The number of aryl methyl sites for hydroxylation is 1. The van der Waals surface area contributed by atoms with E-state index in [1.54, 1.807) is 10.7 Å². The van der Waals surface area contributed by atoms with Crippen molar-refractivity contribution < 1.29 is 5.11 Å². The van der Waals surface area contributed by atoms with E-state index in [1.807, 2.05) is 19.2 Å². The molecule has 0 unspecified atom stereocenters. The molecule has 0 amide bonds. The molecule has 1 saturated heterocycles. The summed E-state index contributed by atoms with van der Waals surface area (Å²) in [5.74, 6) is 1.18. The Balaban J connectivity index is 1.80. The van der Waals surface area contributed by atoms with Crippen molar-refractivity contribution >= 4 is 17.3 Å². The zero-order chi connectivity index (χ0) is 16.7. The van der Waals surface area contributed by atoms with Gasteiger partial charge < -0.3 is 15.7 Å². The third kappa shape index (κ3) is 2.35. The van der Waals surface area contributed by atoms with E-state index in [2.05, 4.69) is 25.0 Å². The topological polar surface area (TPSA) is 105 Å². The predicted molar refractivity (Wildman–Crippen MR) is 90.6 cm³/mol. The zero-order valence-electron chi connectivity index (χ0n) is 13.4. The third-order valence-electron chi connectivity index (χ3n) is 4.42. The number of aliphatic hydroxyl groups excluding tert-OH is 1. The van der Waals surface area contributed by atoms with Crippen LogP contribution < -0.4 is 10.6 Å². The predicted octanol–water partition coefficient (Wildman–Crippen LogP) is 1.04. The largest absolute Gasteiger partial charge is 0.394 e. The van der Waals surface area contributed by atoms with Gasteiger partial charge in [-0.1, -0.05) is 0 Å². The van der Waals surface area contributed by atoms with Crippen LogP contribution in [0.2, 0.25) is 0 Å². The molecule has 0 spiro atoms. The van der Waals surface area contributed by atoms with Crippen LogP contribution in [0.5, 0.6) is 0 Å². The standard InChI is InChI=1S/C16H19N7O/c1-10-6-18-16-14(15(17)21-23(16)7-10)12-5-13(20-9-19-12)22-4-2-3-11(22)8-24/h5-7,9,11,24H,2-4,8H2,1H3,(H2,17,21)/t11-/m0/s1. The molecule has 1 aliphatic rings. The Kier molecular flexibility index (Phi) is 3.53. The summed E-state index contributed by atoms with van der Waals surface area (Å²) in [5, 5.41) is 13.9. The molecule has 8 heteroatoms. The van der Waals surface area contributed by atoms with Crippen LogP contribution in [0.3, 0.4) is 0 Å². The van der Waals surface area contributed by atoms with Crippen molar-refractivity contribution in [2.24, 2.45) is 0 Å². The molecular weight excluding hydrogens is 306 g/mol. The molecule has 124 valence electrons. The van der Waals surface area contributed by atoms with Gasteiger partial charge in [-0.2, -0.15) is 0 Å². The van der Waals surface area contributed by atoms with Gasteiger partial charge in [0.2, 0.25) is 0 Å². The van der Waals surface area contributed by atoms with Crippen LogP contribution in [0, 0.1) is 6.92 Å². The van der Waals surface area contributed by atoms with E-state index in [9.17, 15) is 5.11 Å². The Morgan fingerprint density at radius 2 is 2.21 bits per heavy atom. The normalized spacial score (nSPS) is 17.8. The number of anilines is 2. The summed E-state index contributed by atoms with van der Waals surface area (Å²) in [6.07, 6.45) is 7.20. The number of hydrogen-bond acceptors (Lipinski definition) is 7. The SMILES string of the molecule is Cc1cnc2c(-c3cc(N4CCC[C@H]4CO)ncn3)c(N)nn2c1. The quantitative estimate of drug-likeness (QED) is 0.741. The second kappa shape index (κ2) is 5.72. The molecule has 3 aromatic heterocycles. The maximum atomic E-state index is 9.53. The number of fused-ring (bicyclic) bond motifs is 1. The number of aromatic nitrogens is 5. The number of aliphatic hydroxyl groups is 1. The molecule has 4 rings (SSSR count). The molecule has 0 radical (unpaired) electrons. The molecule has 3 N–H and O–H groups in total. The molecule has 1 atom stereocenters. The lowest BCUT2D eigenvalue weighted by Crippen LogP contribution is -2.32. The maximum absolute atomic E-state index is 9.53. The molecule has 1 fully saturated rings. The minimum absolute atomic E-state index is 0.106. The van der Waals surface area contributed by atoms with E-state index in [0.29, 0.717) is 22.7 Å². The highest BCUT2D eigenvalue weighted by atomic mass is 16.3. The van der Waals surface area contributed by atoms with Crippen molar-refractivity contribution in [2.75, 3.05) is 23.8 Å². The van der Waals surface area contributed by atoms with Gasteiger partial charge >= 0.3 is 0 Å². The first-order valence-corrected chi connectivity index (χ1v) is 7.97. The van der Waals surface area contributed by atoms with Gasteiger partial charge in [0, 0.05) is 25.0 Å². The van der Waals surface area contributed by atoms with Crippen molar-refractivity contribution in [2.45, 2.75) is 25.8 Å². The van der Waals surface area contributed by atoms with Crippen LogP contribution in [0.1, 0.15) is 18.4 Å². The lowest BCUT2D eigenvalue weighted by Gasteiger charge is -2.24. The van der Waals surface area contributed by atoms with Gasteiger partial charge in [0.25, 0.3) is 0 Å². The summed E-state index contributed by atoms with van der Waals surface area (Å²) in [6, 6.07) is 2.00. The minimum atomic E-state index is 0.106. The van der Waals surface area contributed by atoms with Crippen molar-refractivity contribution in [3.05, 3.63) is 30.4 Å².